The molecule has 29 heteroatoms. The minimum absolute atomic E-state index is 0.0420. The van der Waals surface area contributed by atoms with Crippen LogP contribution in [0.25, 0.3) is 22.3 Å². The highest BCUT2D eigenvalue weighted by Crippen LogP contribution is 2.45. The normalized spacial score (nSPS) is 28.5. The number of nitrogens with two attached hydrogens (primary N) is 2. The Bertz CT molecular complexity index is 2000. The van der Waals surface area contributed by atoms with Gasteiger partial charge in [-0.3, -0.25) is 46.8 Å². The SMILES string of the molecule is Nc1nc2c(ncn2[C@@H]2O[C@H](COP(=O)(O)OCCOCCOP(=O)(O)OC[C@@H]3O[C@H](n4cnc5c(=O)[nH]c(N)nc54)C(O)[C@@H]3O)C(O)[C@@H]2O)c(=O)[nH]1. The largest absolute Gasteiger partial charge is 0.472 e. The van der Waals surface area contributed by atoms with Gasteiger partial charge in [0, 0.05) is 0 Å². The highest BCUT2D eigenvalue weighted by atomic mass is 31.2. The number of nitrogen functional groups attached to an aromatic ring is 2. The van der Waals surface area contributed by atoms with Crippen LogP contribution in [-0.4, -0.2) is 146 Å². The van der Waals surface area contributed by atoms with Crippen LogP contribution in [0.3, 0.4) is 0 Å². The van der Waals surface area contributed by atoms with Crippen molar-refractivity contribution in [3.8, 4) is 0 Å². The summed E-state index contributed by atoms with van der Waals surface area (Å²) in [6.45, 7) is -3.02. The zero-order chi connectivity index (χ0) is 38.2. The molecule has 10 atom stereocenters. The molecule has 0 amide bonds. The van der Waals surface area contributed by atoms with Crippen LogP contribution in [0.5, 0.6) is 0 Å². The summed E-state index contributed by atoms with van der Waals surface area (Å²) < 4.78 is 62.6. The Kier molecular flexibility index (Phi) is 11.4. The molecular formula is C24H34N10O17P2. The summed E-state index contributed by atoms with van der Waals surface area (Å²) in [5.41, 5.74) is 9.56. The average molecular weight is 797 g/mol. The van der Waals surface area contributed by atoms with Crippen LogP contribution in [0.4, 0.5) is 11.9 Å². The number of nitrogens with one attached hydrogen (secondary N) is 2. The van der Waals surface area contributed by atoms with E-state index in [1.54, 1.807) is 0 Å². The van der Waals surface area contributed by atoms with Gasteiger partial charge in [-0.15, -0.1) is 0 Å². The van der Waals surface area contributed by atoms with E-state index in [1.165, 1.54) is 0 Å². The monoisotopic (exact) mass is 796 g/mol. The summed E-state index contributed by atoms with van der Waals surface area (Å²) in [4.78, 5) is 64.3. The van der Waals surface area contributed by atoms with Gasteiger partial charge in [0.1, 0.15) is 36.6 Å². The smallest absolute Gasteiger partial charge is 0.387 e. The number of phosphoric ester groups is 2. The van der Waals surface area contributed by atoms with E-state index in [2.05, 4.69) is 29.9 Å². The zero-order valence-electron chi connectivity index (χ0n) is 26.9. The van der Waals surface area contributed by atoms with Crippen molar-refractivity contribution >= 4 is 49.9 Å². The molecule has 12 N–H and O–H groups in total. The van der Waals surface area contributed by atoms with Crippen LogP contribution in [-0.2, 0) is 41.4 Å². The molecule has 6 rings (SSSR count). The fraction of sp³-hybridized carbons (Fsp3) is 0.583. The van der Waals surface area contributed by atoms with Crippen molar-refractivity contribution in [2.45, 2.75) is 49.1 Å². The molecule has 2 aliphatic heterocycles. The number of fused-ring (bicyclic) bond motifs is 2. The van der Waals surface area contributed by atoms with Crippen LogP contribution in [0.2, 0.25) is 0 Å². The van der Waals surface area contributed by atoms with E-state index in [9.17, 15) is 48.9 Å². The van der Waals surface area contributed by atoms with E-state index in [4.69, 9.17) is 43.8 Å². The van der Waals surface area contributed by atoms with Crippen LogP contribution in [0.1, 0.15) is 12.5 Å². The first-order chi connectivity index (χ1) is 25.0. The van der Waals surface area contributed by atoms with E-state index < -0.39 is 102 Å². The molecule has 4 aromatic rings. The number of aromatic amines is 2. The predicted octanol–water partition coefficient (Wildman–Crippen LogP) is -4.06. The third kappa shape index (κ3) is 8.49. The number of aliphatic hydroxyl groups excluding tert-OH is 4. The molecule has 2 fully saturated rings. The number of aliphatic hydroxyl groups is 4. The van der Waals surface area contributed by atoms with Gasteiger partial charge in [0.2, 0.25) is 11.9 Å². The lowest BCUT2D eigenvalue weighted by Gasteiger charge is -2.18. The standard InChI is InChI=1S/C24H34N10O17P2/c25-23-29-17-11(19(39)31-23)27-7-33(17)21-15(37)13(35)9(50-21)5-48-52(41,42)46-3-1-45-2-4-47-53(43,44)49-6-10-14(36)16(38)22(51-10)34-8-28-12-18(34)30-24(26)32-20(12)40/h7-10,13-16,21-22,35-38H,1-6H2,(H,41,42)(H,43,44)(H3,25,29,31,39)(H3,26,30,32,40)/t9-,10+,13+,14?,15?,16-,21-,22+/m0/s1. The molecule has 0 radical (unpaired) electrons. The van der Waals surface area contributed by atoms with Crippen molar-refractivity contribution in [2.24, 2.45) is 0 Å². The molecule has 6 heterocycles. The van der Waals surface area contributed by atoms with Crippen molar-refractivity contribution < 1.29 is 71.6 Å². The Morgan fingerprint density at radius 3 is 1.47 bits per heavy atom. The number of aromatic nitrogens is 8. The Hall–Kier alpha value is -3.76. The molecular weight excluding hydrogens is 762 g/mol. The van der Waals surface area contributed by atoms with E-state index in [0.717, 1.165) is 21.8 Å². The Balaban J connectivity index is 0.884. The highest BCUT2D eigenvalue weighted by Gasteiger charge is 2.47. The first kappa shape index (κ1) is 38.9. The second-order valence-corrected chi connectivity index (χ2v) is 14.4. The van der Waals surface area contributed by atoms with Crippen molar-refractivity contribution in [3.63, 3.8) is 0 Å². The first-order valence-electron chi connectivity index (χ1n) is 15.3. The lowest BCUT2D eigenvalue weighted by Crippen LogP contribution is -2.33. The molecule has 2 aliphatic rings. The number of rotatable bonds is 16. The number of ether oxygens (including phenoxy) is 3. The molecule has 2 saturated heterocycles. The maximum Gasteiger partial charge on any atom is 0.472 e. The summed E-state index contributed by atoms with van der Waals surface area (Å²) in [6, 6.07) is 0. The molecule has 4 aromatic heterocycles. The molecule has 0 bridgehead atoms. The number of nitrogens with zero attached hydrogens (tertiary/aromatic N) is 6. The zero-order valence-corrected chi connectivity index (χ0v) is 28.7. The lowest BCUT2D eigenvalue weighted by molar-refractivity contribution is -0.0526. The topological polar surface area (TPSA) is 399 Å². The van der Waals surface area contributed by atoms with Gasteiger partial charge in [0.15, 0.2) is 34.8 Å². The molecule has 53 heavy (non-hydrogen) atoms. The van der Waals surface area contributed by atoms with Crippen LogP contribution >= 0.6 is 15.6 Å². The highest BCUT2D eigenvalue weighted by molar-refractivity contribution is 7.47. The van der Waals surface area contributed by atoms with E-state index in [0.29, 0.717) is 0 Å². The van der Waals surface area contributed by atoms with Gasteiger partial charge in [-0.25, -0.2) is 19.1 Å². The Labute approximate surface area is 294 Å². The van der Waals surface area contributed by atoms with Crippen LogP contribution < -0.4 is 22.6 Å². The van der Waals surface area contributed by atoms with Crippen LogP contribution in [0.15, 0.2) is 22.2 Å². The molecule has 27 nitrogen and oxygen atoms in total. The summed E-state index contributed by atoms with van der Waals surface area (Å²) in [6.07, 6.45) is -9.35. The van der Waals surface area contributed by atoms with Crippen molar-refractivity contribution in [1.29, 1.82) is 0 Å². The van der Waals surface area contributed by atoms with Crippen molar-refractivity contribution in [1.82, 2.24) is 39.0 Å². The van der Waals surface area contributed by atoms with Gasteiger partial charge in [-0.1, -0.05) is 0 Å². The van der Waals surface area contributed by atoms with E-state index in [1.807, 2.05) is 0 Å². The fourth-order valence-electron chi connectivity index (χ4n) is 5.39. The molecule has 0 aliphatic carbocycles. The second kappa shape index (κ2) is 15.5. The van der Waals surface area contributed by atoms with Crippen molar-refractivity contribution in [2.75, 3.05) is 51.1 Å². The van der Waals surface area contributed by atoms with Gasteiger partial charge >= 0.3 is 15.6 Å². The molecule has 4 unspecified atom stereocenters. The van der Waals surface area contributed by atoms with Gasteiger partial charge in [0.05, 0.1) is 52.3 Å². The molecule has 292 valence electrons. The maximum absolute atomic E-state index is 12.3. The number of H-pyrrole nitrogens is 2. The van der Waals surface area contributed by atoms with E-state index >= 15 is 0 Å². The minimum Gasteiger partial charge on any atom is -0.387 e. The number of imidazole rings is 2. The van der Waals surface area contributed by atoms with E-state index in [-0.39, 0.29) is 47.4 Å². The third-order valence-electron chi connectivity index (χ3n) is 7.89. The fourth-order valence-corrected chi connectivity index (χ4v) is 6.82. The molecule has 0 aromatic carbocycles. The Morgan fingerprint density at radius 1 is 0.679 bits per heavy atom. The quantitative estimate of drug-likeness (QED) is 0.0381. The Morgan fingerprint density at radius 2 is 1.08 bits per heavy atom. The van der Waals surface area contributed by atoms with Crippen molar-refractivity contribution in [3.05, 3.63) is 33.4 Å². The summed E-state index contributed by atoms with van der Waals surface area (Å²) in [5.74, 6) is -0.460. The number of hydrogen-bond acceptors (Lipinski definition) is 21. The second-order valence-electron chi connectivity index (χ2n) is 11.5. The number of hydrogen-bond donors (Lipinski definition) is 10. The van der Waals surface area contributed by atoms with Gasteiger partial charge in [0.25, 0.3) is 11.1 Å². The lowest BCUT2D eigenvalue weighted by atomic mass is 10.1. The van der Waals surface area contributed by atoms with Crippen LogP contribution in [0, 0.1) is 0 Å². The minimum atomic E-state index is -4.73. The molecule has 0 saturated carbocycles. The average Bonchev–Trinajstić information content (AvgIpc) is 3.84. The summed E-state index contributed by atoms with van der Waals surface area (Å²) >= 11 is 0. The summed E-state index contributed by atoms with van der Waals surface area (Å²) in [5, 5.41) is 41.9. The number of phosphoric acid groups is 2. The van der Waals surface area contributed by atoms with Gasteiger partial charge in [-0.2, -0.15) is 9.97 Å². The summed E-state index contributed by atoms with van der Waals surface area (Å²) in [7, 11) is -9.47. The number of anilines is 2. The third-order valence-corrected chi connectivity index (χ3v) is 9.86. The van der Waals surface area contributed by atoms with Gasteiger partial charge in [-0.05, 0) is 0 Å². The molecule has 0 spiro atoms. The van der Waals surface area contributed by atoms with Gasteiger partial charge < -0.3 is 55.9 Å². The maximum atomic E-state index is 12.3. The predicted molar refractivity (Wildman–Crippen MR) is 171 cm³/mol. The first-order valence-corrected chi connectivity index (χ1v) is 18.3.